The first-order chi connectivity index (χ1) is 13.3. The Labute approximate surface area is 158 Å². The van der Waals surface area contributed by atoms with E-state index in [-0.39, 0.29) is 23.3 Å². The lowest BCUT2D eigenvalue weighted by atomic mass is 10.0. The van der Waals surface area contributed by atoms with E-state index in [4.69, 9.17) is 5.26 Å². The summed E-state index contributed by atoms with van der Waals surface area (Å²) < 4.78 is 26.9. The van der Waals surface area contributed by atoms with Gasteiger partial charge in [-0.25, -0.2) is 18.7 Å². The molecular weight excluding hydrogens is 368 g/mol. The minimum atomic E-state index is -1.06. The Morgan fingerprint density at radius 2 is 1.93 bits per heavy atom. The number of halogens is 2. The number of nitrogens with zero attached hydrogens (tertiary/aromatic N) is 3. The van der Waals surface area contributed by atoms with Crippen LogP contribution in [0.2, 0.25) is 0 Å². The molecule has 0 aliphatic heterocycles. The normalized spacial score (nSPS) is 11.8. The van der Waals surface area contributed by atoms with E-state index in [0.717, 1.165) is 12.1 Å². The summed E-state index contributed by atoms with van der Waals surface area (Å²) >= 11 is 0. The molecule has 0 aliphatic carbocycles. The van der Waals surface area contributed by atoms with Crippen LogP contribution >= 0.6 is 0 Å². The molecule has 28 heavy (non-hydrogen) atoms. The van der Waals surface area contributed by atoms with Gasteiger partial charge in [-0.1, -0.05) is 0 Å². The average Bonchev–Trinajstić information content (AvgIpc) is 2.67. The van der Waals surface area contributed by atoms with Gasteiger partial charge in [0, 0.05) is 35.0 Å². The highest BCUT2D eigenvalue weighted by Gasteiger charge is 2.17. The van der Waals surface area contributed by atoms with E-state index >= 15 is 0 Å². The predicted octanol–water partition coefficient (Wildman–Crippen LogP) is 2.20. The van der Waals surface area contributed by atoms with Crippen LogP contribution in [0.1, 0.15) is 35.5 Å². The molecule has 2 N–H and O–H groups in total. The zero-order valence-electron chi connectivity index (χ0n) is 15.0. The van der Waals surface area contributed by atoms with E-state index in [1.54, 1.807) is 19.9 Å². The quantitative estimate of drug-likeness (QED) is 0.717. The topological polar surface area (TPSA) is 112 Å². The van der Waals surface area contributed by atoms with Crippen molar-refractivity contribution in [2.75, 3.05) is 0 Å². The van der Waals surface area contributed by atoms with E-state index in [9.17, 15) is 18.4 Å². The van der Waals surface area contributed by atoms with Gasteiger partial charge in [-0.15, -0.1) is 0 Å². The number of benzene rings is 1. The monoisotopic (exact) mass is 383 g/mol. The average molecular weight is 383 g/mol. The third kappa shape index (κ3) is 3.71. The minimum absolute atomic E-state index is 0.0178. The van der Waals surface area contributed by atoms with Gasteiger partial charge in [-0.2, -0.15) is 5.26 Å². The maximum atomic E-state index is 13.6. The summed E-state index contributed by atoms with van der Waals surface area (Å²) in [4.78, 5) is 34.9. The molecule has 1 amide bonds. The Bertz CT molecular complexity index is 1170. The molecule has 2 heterocycles. The number of fused-ring (bicyclic) bond motifs is 1. The number of nitriles is 1. The molecule has 1 atom stereocenters. The van der Waals surface area contributed by atoms with Crippen LogP contribution in [0.5, 0.6) is 0 Å². The van der Waals surface area contributed by atoms with Crippen LogP contribution in [0.4, 0.5) is 8.78 Å². The second-order valence-electron chi connectivity index (χ2n) is 6.29. The second kappa shape index (κ2) is 7.52. The van der Waals surface area contributed by atoms with Gasteiger partial charge in [0.05, 0.1) is 18.0 Å². The van der Waals surface area contributed by atoms with Crippen LogP contribution in [0, 0.1) is 29.9 Å². The molecule has 142 valence electrons. The lowest BCUT2D eigenvalue weighted by Crippen LogP contribution is -2.31. The number of pyridine rings is 1. The lowest BCUT2D eigenvalue weighted by molar-refractivity contribution is -0.121. The summed E-state index contributed by atoms with van der Waals surface area (Å²) in [5.74, 6) is -2.52. The van der Waals surface area contributed by atoms with Crippen molar-refractivity contribution >= 4 is 16.8 Å². The van der Waals surface area contributed by atoms with Crippen LogP contribution in [-0.4, -0.2) is 20.9 Å². The Kier molecular flexibility index (Phi) is 5.13. The molecule has 0 fully saturated rings. The maximum Gasteiger partial charge on any atom is 0.252 e. The number of carbonyl (C=O) groups is 1. The van der Waals surface area contributed by atoms with E-state index < -0.39 is 29.1 Å². The first kappa shape index (κ1) is 19.1. The molecule has 3 rings (SSSR count). The Hall–Kier alpha value is -3.67. The highest BCUT2D eigenvalue weighted by molar-refractivity contribution is 5.86. The molecule has 3 aromatic rings. The fourth-order valence-electron chi connectivity index (χ4n) is 2.86. The van der Waals surface area contributed by atoms with Gasteiger partial charge >= 0.3 is 0 Å². The molecule has 0 aliphatic rings. The van der Waals surface area contributed by atoms with E-state index in [0.29, 0.717) is 16.5 Å². The Morgan fingerprint density at radius 3 is 2.57 bits per heavy atom. The zero-order chi connectivity index (χ0) is 20.4. The minimum Gasteiger partial charge on any atom is -0.349 e. The largest absolute Gasteiger partial charge is 0.349 e. The molecular formula is C19H15F2N5O2. The molecule has 0 spiro atoms. The molecule has 7 nitrogen and oxygen atoms in total. The van der Waals surface area contributed by atoms with Crippen molar-refractivity contribution in [3.8, 4) is 6.07 Å². The number of hydrogen-bond acceptors (Lipinski definition) is 5. The van der Waals surface area contributed by atoms with Gasteiger partial charge < -0.3 is 10.3 Å². The highest BCUT2D eigenvalue weighted by atomic mass is 19.2. The molecule has 0 unspecified atom stereocenters. The summed E-state index contributed by atoms with van der Waals surface area (Å²) in [5.41, 5.74) is 0.782. The van der Waals surface area contributed by atoms with Crippen LogP contribution in [0.25, 0.3) is 10.9 Å². The number of carbonyl (C=O) groups excluding carboxylic acids is 1. The first-order valence-corrected chi connectivity index (χ1v) is 8.32. The third-order valence-corrected chi connectivity index (χ3v) is 4.43. The van der Waals surface area contributed by atoms with Crippen LogP contribution in [-0.2, 0) is 11.2 Å². The molecule has 0 saturated heterocycles. The van der Waals surface area contributed by atoms with Crippen molar-refractivity contribution in [2.24, 2.45) is 0 Å². The number of hydrogen-bond donors (Lipinski definition) is 2. The molecule has 1 aromatic carbocycles. The van der Waals surface area contributed by atoms with Gasteiger partial charge in [-0.05, 0) is 25.5 Å². The zero-order valence-corrected chi connectivity index (χ0v) is 15.0. The van der Waals surface area contributed by atoms with E-state index in [1.165, 1.54) is 12.4 Å². The van der Waals surface area contributed by atoms with Gasteiger partial charge in [0.1, 0.15) is 6.07 Å². The molecule has 0 bridgehead atoms. The van der Waals surface area contributed by atoms with Gasteiger partial charge in [0.2, 0.25) is 11.7 Å². The maximum absolute atomic E-state index is 13.6. The predicted molar refractivity (Wildman–Crippen MR) is 96.2 cm³/mol. The standard InChI is InChI=1S/C19H15F2N5O2/c1-9-12-3-14(20)15(21)5-16(12)26-19(28)13(9)4-18(27)25-10(2)11-7-23-17(6-22)24-8-11/h3,5,7-8,10H,4H2,1-2H3,(H,25,27)(H,26,28)/t10-/m0/s1. The SMILES string of the molecule is Cc1c(CC(=O)N[C@@H](C)c2cnc(C#N)nc2)c(=O)[nH]c2cc(F)c(F)cc12. The summed E-state index contributed by atoms with van der Waals surface area (Å²) in [6.45, 7) is 3.29. The Balaban J connectivity index is 1.83. The first-order valence-electron chi connectivity index (χ1n) is 8.32. The van der Waals surface area contributed by atoms with Crippen molar-refractivity contribution in [1.82, 2.24) is 20.3 Å². The summed E-state index contributed by atoms with van der Waals surface area (Å²) in [6.07, 6.45) is 2.63. The third-order valence-electron chi connectivity index (χ3n) is 4.43. The number of aryl methyl sites for hydroxylation is 1. The smallest absolute Gasteiger partial charge is 0.252 e. The molecule has 2 aromatic heterocycles. The number of H-pyrrole nitrogens is 1. The highest BCUT2D eigenvalue weighted by Crippen LogP contribution is 2.21. The number of aromatic amines is 1. The van der Waals surface area contributed by atoms with Crippen LogP contribution in [0.3, 0.4) is 0 Å². The number of nitrogens with one attached hydrogen (secondary N) is 2. The van der Waals surface area contributed by atoms with Crippen molar-refractivity contribution in [1.29, 1.82) is 5.26 Å². The van der Waals surface area contributed by atoms with E-state index in [2.05, 4.69) is 20.3 Å². The fourth-order valence-corrected chi connectivity index (χ4v) is 2.86. The van der Waals surface area contributed by atoms with E-state index in [1.807, 2.05) is 0 Å². The summed E-state index contributed by atoms with van der Waals surface area (Å²) in [7, 11) is 0. The number of rotatable bonds is 4. The molecule has 0 saturated carbocycles. The second-order valence-corrected chi connectivity index (χ2v) is 6.29. The van der Waals surface area contributed by atoms with Crippen molar-refractivity contribution in [3.05, 3.63) is 69.0 Å². The lowest BCUT2D eigenvalue weighted by Gasteiger charge is -2.14. The molecule has 9 heteroatoms. The Morgan fingerprint density at radius 1 is 1.29 bits per heavy atom. The van der Waals surface area contributed by atoms with Crippen LogP contribution < -0.4 is 10.9 Å². The van der Waals surface area contributed by atoms with Crippen LogP contribution in [0.15, 0.2) is 29.3 Å². The van der Waals surface area contributed by atoms with Gasteiger partial charge in [-0.3, -0.25) is 9.59 Å². The van der Waals surface area contributed by atoms with Gasteiger partial charge in [0.25, 0.3) is 5.56 Å². The van der Waals surface area contributed by atoms with Gasteiger partial charge in [0.15, 0.2) is 11.6 Å². The van der Waals surface area contributed by atoms with Crippen molar-refractivity contribution in [2.45, 2.75) is 26.3 Å². The fraction of sp³-hybridized carbons (Fsp3) is 0.211. The summed E-state index contributed by atoms with van der Waals surface area (Å²) in [6, 6.07) is 3.26. The van der Waals surface area contributed by atoms with Crippen molar-refractivity contribution in [3.63, 3.8) is 0 Å². The summed E-state index contributed by atoms with van der Waals surface area (Å²) in [5, 5.41) is 11.8. The molecule has 0 radical (unpaired) electrons. The van der Waals surface area contributed by atoms with Crippen molar-refractivity contribution < 1.29 is 13.6 Å². The number of aromatic nitrogens is 3. The number of amides is 1.